The molecule has 1 rings (SSSR count). The van der Waals surface area contributed by atoms with Crippen molar-refractivity contribution >= 4 is 5.91 Å². The highest BCUT2D eigenvalue weighted by molar-refractivity contribution is 5.92. The van der Waals surface area contributed by atoms with Crippen molar-refractivity contribution in [3.8, 4) is 0 Å². The van der Waals surface area contributed by atoms with Crippen LogP contribution in [0.25, 0.3) is 0 Å². The zero-order valence-electron chi connectivity index (χ0n) is 10.3. The standard InChI is InChI=1S/C11H17N3O3/c1-8(2)12-11(16)9-4-5-10(15)14(13-9)6-7-17-3/h4-5,8H,6-7H2,1-3H3,(H,12,16). The van der Waals surface area contributed by atoms with Gasteiger partial charge in [0.25, 0.3) is 11.5 Å². The number of ether oxygens (including phenoxy) is 1. The number of rotatable bonds is 5. The fourth-order valence-corrected chi connectivity index (χ4v) is 1.24. The second kappa shape index (κ2) is 6.15. The van der Waals surface area contributed by atoms with Crippen molar-refractivity contribution < 1.29 is 9.53 Å². The van der Waals surface area contributed by atoms with Gasteiger partial charge >= 0.3 is 0 Å². The average Bonchev–Trinajstić information content (AvgIpc) is 2.27. The lowest BCUT2D eigenvalue weighted by atomic mass is 10.3. The summed E-state index contributed by atoms with van der Waals surface area (Å²) in [5.74, 6) is -0.286. The number of methoxy groups -OCH3 is 1. The molecule has 0 aliphatic rings. The van der Waals surface area contributed by atoms with Gasteiger partial charge in [-0.1, -0.05) is 0 Å². The van der Waals surface area contributed by atoms with Gasteiger partial charge in [0.1, 0.15) is 5.69 Å². The molecule has 1 heterocycles. The number of carbonyl (C=O) groups excluding carboxylic acids is 1. The van der Waals surface area contributed by atoms with Gasteiger partial charge in [-0.2, -0.15) is 5.10 Å². The van der Waals surface area contributed by atoms with E-state index in [0.29, 0.717) is 13.2 Å². The summed E-state index contributed by atoms with van der Waals surface area (Å²) in [6.45, 7) is 4.43. The first-order chi connectivity index (χ1) is 8.04. The maximum Gasteiger partial charge on any atom is 0.271 e. The Balaban J connectivity index is 2.88. The van der Waals surface area contributed by atoms with Gasteiger partial charge in [-0.05, 0) is 19.9 Å². The van der Waals surface area contributed by atoms with E-state index in [9.17, 15) is 9.59 Å². The van der Waals surface area contributed by atoms with Crippen LogP contribution in [0.4, 0.5) is 0 Å². The van der Waals surface area contributed by atoms with E-state index in [1.54, 1.807) is 7.11 Å². The number of hydrogen-bond acceptors (Lipinski definition) is 4. The van der Waals surface area contributed by atoms with E-state index in [-0.39, 0.29) is 23.2 Å². The van der Waals surface area contributed by atoms with E-state index < -0.39 is 0 Å². The molecule has 1 aromatic rings. The molecule has 0 fully saturated rings. The fraction of sp³-hybridized carbons (Fsp3) is 0.545. The van der Waals surface area contributed by atoms with Gasteiger partial charge in [0.05, 0.1) is 13.2 Å². The van der Waals surface area contributed by atoms with Gasteiger partial charge in [0.2, 0.25) is 0 Å². The maximum atomic E-state index is 11.7. The molecule has 0 aliphatic carbocycles. The Labute approximate surface area is 99.6 Å². The molecule has 1 N–H and O–H groups in total. The third-order valence-electron chi connectivity index (χ3n) is 2.03. The number of aromatic nitrogens is 2. The van der Waals surface area contributed by atoms with Crippen molar-refractivity contribution in [2.75, 3.05) is 13.7 Å². The molecule has 0 saturated carbocycles. The van der Waals surface area contributed by atoms with E-state index >= 15 is 0 Å². The zero-order chi connectivity index (χ0) is 12.8. The average molecular weight is 239 g/mol. The Kier molecular flexibility index (Phi) is 4.84. The summed E-state index contributed by atoms with van der Waals surface area (Å²) >= 11 is 0. The first-order valence-electron chi connectivity index (χ1n) is 5.42. The molecule has 0 aliphatic heterocycles. The number of nitrogens with zero attached hydrogens (tertiary/aromatic N) is 2. The van der Waals surface area contributed by atoms with Gasteiger partial charge < -0.3 is 10.1 Å². The van der Waals surface area contributed by atoms with Crippen LogP contribution in [-0.4, -0.2) is 35.4 Å². The minimum absolute atomic E-state index is 0.0312. The SMILES string of the molecule is COCCn1nc(C(=O)NC(C)C)ccc1=O. The normalized spacial score (nSPS) is 10.6. The molecular formula is C11H17N3O3. The van der Waals surface area contributed by atoms with Crippen molar-refractivity contribution in [3.63, 3.8) is 0 Å². The Hall–Kier alpha value is -1.69. The van der Waals surface area contributed by atoms with Crippen molar-refractivity contribution in [1.29, 1.82) is 0 Å². The molecule has 0 unspecified atom stereocenters. The first kappa shape index (κ1) is 13.4. The first-order valence-corrected chi connectivity index (χ1v) is 5.42. The lowest BCUT2D eigenvalue weighted by molar-refractivity contribution is 0.0934. The second-order valence-corrected chi connectivity index (χ2v) is 3.90. The van der Waals surface area contributed by atoms with Gasteiger partial charge in [-0.25, -0.2) is 4.68 Å². The van der Waals surface area contributed by atoms with Crippen LogP contribution in [-0.2, 0) is 11.3 Å². The van der Waals surface area contributed by atoms with Crippen LogP contribution in [0.5, 0.6) is 0 Å². The topological polar surface area (TPSA) is 73.2 Å². The summed E-state index contributed by atoms with van der Waals surface area (Å²) in [7, 11) is 1.54. The van der Waals surface area contributed by atoms with E-state index in [1.807, 2.05) is 13.8 Å². The number of nitrogens with one attached hydrogen (secondary N) is 1. The zero-order valence-corrected chi connectivity index (χ0v) is 10.3. The molecule has 0 spiro atoms. The number of carbonyl (C=O) groups is 1. The van der Waals surface area contributed by atoms with Gasteiger partial charge in [-0.3, -0.25) is 9.59 Å². The molecule has 0 bridgehead atoms. The predicted molar refractivity (Wildman–Crippen MR) is 63.0 cm³/mol. The van der Waals surface area contributed by atoms with Crippen molar-refractivity contribution in [2.45, 2.75) is 26.4 Å². The van der Waals surface area contributed by atoms with Crippen LogP contribution in [0.15, 0.2) is 16.9 Å². The smallest absolute Gasteiger partial charge is 0.271 e. The molecule has 1 amide bonds. The summed E-state index contributed by atoms with van der Waals surface area (Å²) in [6, 6.07) is 2.78. The van der Waals surface area contributed by atoms with Crippen LogP contribution in [0, 0.1) is 0 Å². The van der Waals surface area contributed by atoms with Crippen LogP contribution in [0.1, 0.15) is 24.3 Å². The van der Waals surface area contributed by atoms with Crippen LogP contribution in [0.2, 0.25) is 0 Å². The fourth-order valence-electron chi connectivity index (χ4n) is 1.24. The lowest BCUT2D eigenvalue weighted by Gasteiger charge is -2.09. The second-order valence-electron chi connectivity index (χ2n) is 3.90. The minimum atomic E-state index is -0.286. The summed E-state index contributed by atoms with van der Waals surface area (Å²) < 4.78 is 6.09. The number of hydrogen-bond donors (Lipinski definition) is 1. The highest BCUT2D eigenvalue weighted by Crippen LogP contribution is 1.92. The minimum Gasteiger partial charge on any atom is -0.383 e. The van der Waals surface area contributed by atoms with Gasteiger partial charge in [0, 0.05) is 19.2 Å². The lowest BCUT2D eigenvalue weighted by Crippen LogP contribution is -2.33. The summed E-state index contributed by atoms with van der Waals surface area (Å²) in [5, 5.41) is 6.69. The largest absolute Gasteiger partial charge is 0.383 e. The third kappa shape index (κ3) is 3.99. The molecule has 0 radical (unpaired) electrons. The quantitative estimate of drug-likeness (QED) is 0.786. The monoisotopic (exact) mass is 239 g/mol. The van der Waals surface area contributed by atoms with Crippen molar-refractivity contribution in [3.05, 3.63) is 28.2 Å². The van der Waals surface area contributed by atoms with E-state index in [0.717, 1.165) is 0 Å². The Morgan fingerprint density at radius 3 is 2.82 bits per heavy atom. The highest BCUT2D eigenvalue weighted by Gasteiger charge is 2.10. The molecule has 94 valence electrons. The van der Waals surface area contributed by atoms with Gasteiger partial charge in [0.15, 0.2) is 0 Å². The van der Waals surface area contributed by atoms with E-state index in [2.05, 4.69) is 10.4 Å². The molecular weight excluding hydrogens is 222 g/mol. The van der Waals surface area contributed by atoms with E-state index in [1.165, 1.54) is 16.8 Å². The third-order valence-corrected chi connectivity index (χ3v) is 2.03. The summed E-state index contributed by atoms with van der Waals surface area (Å²) in [5.41, 5.74) is -0.0162. The molecule has 6 heteroatoms. The van der Waals surface area contributed by atoms with Gasteiger partial charge in [-0.15, -0.1) is 0 Å². The highest BCUT2D eigenvalue weighted by atomic mass is 16.5. The van der Waals surface area contributed by atoms with Crippen molar-refractivity contribution in [1.82, 2.24) is 15.1 Å². The van der Waals surface area contributed by atoms with Crippen molar-refractivity contribution in [2.24, 2.45) is 0 Å². The molecule has 0 aromatic carbocycles. The molecule has 17 heavy (non-hydrogen) atoms. The van der Waals surface area contributed by atoms with Crippen LogP contribution >= 0.6 is 0 Å². The van der Waals surface area contributed by atoms with Crippen LogP contribution in [0.3, 0.4) is 0 Å². The number of amides is 1. The van der Waals surface area contributed by atoms with Crippen LogP contribution < -0.4 is 10.9 Å². The Morgan fingerprint density at radius 2 is 2.24 bits per heavy atom. The summed E-state index contributed by atoms with van der Waals surface area (Å²) in [4.78, 5) is 23.1. The molecule has 6 nitrogen and oxygen atoms in total. The van der Waals surface area contributed by atoms with E-state index in [4.69, 9.17) is 4.74 Å². The Bertz CT molecular complexity index is 440. The molecule has 1 aromatic heterocycles. The molecule has 0 saturated heterocycles. The maximum absolute atomic E-state index is 11.7. The Morgan fingerprint density at radius 1 is 1.53 bits per heavy atom. The molecule has 0 atom stereocenters. The summed E-state index contributed by atoms with van der Waals surface area (Å²) in [6.07, 6.45) is 0. The predicted octanol–water partition coefficient (Wildman–Crippen LogP) is 0.0279.